The van der Waals surface area contributed by atoms with Crippen LogP contribution in [0.5, 0.6) is 0 Å². The Morgan fingerprint density at radius 1 is 0.912 bits per heavy atom. The Morgan fingerprint density at radius 3 is 2.38 bits per heavy atom. The highest BCUT2D eigenvalue weighted by molar-refractivity contribution is 6.04. The molecule has 172 valence electrons. The number of carbonyl (C=O) groups excluding carboxylic acids is 1. The Kier molecular flexibility index (Phi) is 6.29. The first-order valence-electron chi connectivity index (χ1n) is 11.6. The van der Waals surface area contributed by atoms with Crippen molar-refractivity contribution in [3.8, 4) is 22.6 Å². The lowest BCUT2D eigenvalue weighted by atomic mass is 10.1. The van der Waals surface area contributed by atoms with E-state index in [0.29, 0.717) is 23.0 Å². The van der Waals surface area contributed by atoms with E-state index in [0.717, 1.165) is 35.7 Å². The van der Waals surface area contributed by atoms with E-state index in [4.69, 9.17) is 4.52 Å². The third-order valence-corrected chi connectivity index (χ3v) is 5.93. The molecule has 2 aromatic heterocycles. The SMILES string of the molecule is Cc1nc(-c2ccc(C(=O)Nc3cccc(-c4ccc(N5CCCCCC5)nn4)c3)cc2)no1. The van der Waals surface area contributed by atoms with Gasteiger partial charge in [-0.1, -0.05) is 42.3 Å². The van der Waals surface area contributed by atoms with Gasteiger partial charge in [0, 0.05) is 42.4 Å². The Balaban J connectivity index is 1.27. The van der Waals surface area contributed by atoms with Crippen molar-refractivity contribution in [2.24, 2.45) is 0 Å². The average molecular weight is 455 g/mol. The number of nitrogens with one attached hydrogen (secondary N) is 1. The lowest BCUT2D eigenvalue weighted by Crippen LogP contribution is -2.25. The summed E-state index contributed by atoms with van der Waals surface area (Å²) in [6, 6.07) is 18.7. The standard InChI is InChI=1S/C26H26N6O2/c1-18-27-25(31-34-18)19-9-11-20(12-10-19)26(33)28-22-8-6-7-21(17-22)23-13-14-24(30-29-23)32-15-4-2-3-5-16-32/h6-14,17H,2-5,15-16H2,1H3,(H,28,33). The molecule has 0 spiro atoms. The molecule has 1 fully saturated rings. The molecule has 0 radical (unpaired) electrons. The molecule has 1 amide bonds. The van der Waals surface area contributed by atoms with E-state index in [1.165, 1.54) is 25.7 Å². The number of nitrogens with zero attached hydrogens (tertiary/aromatic N) is 5. The summed E-state index contributed by atoms with van der Waals surface area (Å²) in [4.78, 5) is 19.3. The van der Waals surface area contributed by atoms with Crippen molar-refractivity contribution in [1.82, 2.24) is 20.3 Å². The second kappa shape index (κ2) is 9.82. The highest BCUT2D eigenvalue weighted by Gasteiger charge is 2.13. The molecule has 0 unspecified atom stereocenters. The normalized spacial score (nSPS) is 14.0. The summed E-state index contributed by atoms with van der Waals surface area (Å²) in [5.41, 5.74) is 3.69. The van der Waals surface area contributed by atoms with Crippen LogP contribution in [0.1, 0.15) is 41.9 Å². The number of aromatic nitrogens is 4. The van der Waals surface area contributed by atoms with Gasteiger partial charge in [-0.25, -0.2) is 0 Å². The first kappa shape index (κ1) is 21.8. The van der Waals surface area contributed by atoms with E-state index in [9.17, 15) is 4.79 Å². The molecule has 1 N–H and O–H groups in total. The third kappa shape index (κ3) is 4.96. The fraction of sp³-hybridized carbons (Fsp3) is 0.269. The summed E-state index contributed by atoms with van der Waals surface area (Å²) in [5, 5.41) is 15.8. The molecular formula is C26H26N6O2. The van der Waals surface area contributed by atoms with Crippen molar-refractivity contribution >= 4 is 17.4 Å². The molecule has 4 aromatic rings. The quantitative estimate of drug-likeness (QED) is 0.446. The summed E-state index contributed by atoms with van der Waals surface area (Å²) in [6.07, 6.45) is 4.96. The van der Waals surface area contributed by atoms with Gasteiger partial charge in [-0.05, 0) is 49.2 Å². The van der Waals surface area contributed by atoms with Crippen LogP contribution in [0.4, 0.5) is 11.5 Å². The summed E-state index contributed by atoms with van der Waals surface area (Å²) in [6.45, 7) is 3.80. The van der Waals surface area contributed by atoms with Crippen molar-refractivity contribution in [2.45, 2.75) is 32.6 Å². The second-order valence-corrected chi connectivity index (χ2v) is 8.43. The molecule has 5 rings (SSSR count). The van der Waals surface area contributed by atoms with Gasteiger partial charge in [0.25, 0.3) is 5.91 Å². The second-order valence-electron chi connectivity index (χ2n) is 8.43. The minimum Gasteiger partial charge on any atom is -0.355 e. The van der Waals surface area contributed by atoms with Crippen molar-refractivity contribution in [1.29, 1.82) is 0 Å². The van der Waals surface area contributed by atoms with Crippen LogP contribution in [0.15, 0.2) is 65.2 Å². The Labute approximate surface area is 198 Å². The van der Waals surface area contributed by atoms with Crippen molar-refractivity contribution in [3.05, 3.63) is 72.1 Å². The highest BCUT2D eigenvalue weighted by Crippen LogP contribution is 2.24. The van der Waals surface area contributed by atoms with E-state index in [2.05, 4.69) is 30.6 Å². The van der Waals surface area contributed by atoms with Gasteiger partial charge in [0.1, 0.15) is 0 Å². The summed E-state index contributed by atoms with van der Waals surface area (Å²) >= 11 is 0. The third-order valence-electron chi connectivity index (χ3n) is 5.93. The van der Waals surface area contributed by atoms with Crippen molar-refractivity contribution in [3.63, 3.8) is 0 Å². The smallest absolute Gasteiger partial charge is 0.255 e. The maximum atomic E-state index is 12.8. The zero-order valence-corrected chi connectivity index (χ0v) is 19.1. The molecule has 8 heteroatoms. The molecule has 0 aliphatic carbocycles. The predicted octanol–water partition coefficient (Wildman–Crippen LogP) is 5.13. The molecule has 0 atom stereocenters. The molecule has 8 nitrogen and oxygen atoms in total. The first-order valence-corrected chi connectivity index (χ1v) is 11.6. The van der Waals surface area contributed by atoms with Crippen LogP contribution in [0.3, 0.4) is 0 Å². The van der Waals surface area contributed by atoms with Gasteiger partial charge in [-0.15, -0.1) is 10.2 Å². The highest BCUT2D eigenvalue weighted by atomic mass is 16.5. The first-order chi connectivity index (χ1) is 16.7. The fourth-order valence-corrected chi connectivity index (χ4v) is 4.09. The number of hydrogen-bond acceptors (Lipinski definition) is 7. The van der Waals surface area contributed by atoms with Crippen LogP contribution in [0.2, 0.25) is 0 Å². The monoisotopic (exact) mass is 454 g/mol. The van der Waals surface area contributed by atoms with E-state index in [1.807, 2.05) is 36.4 Å². The fourth-order valence-electron chi connectivity index (χ4n) is 4.09. The Bertz CT molecular complexity index is 1260. The van der Waals surface area contributed by atoms with Crippen LogP contribution in [-0.4, -0.2) is 39.3 Å². The van der Waals surface area contributed by atoms with Crippen LogP contribution in [-0.2, 0) is 0 Å². The van der Waals surface area contributed by atoms with Crippen LogP contribution in [0, 0.1) is 6.92 Å². The zero-order valence-electron chi connectivity index (χ0n) is 19.1. The van der Waals surface area contributed by atoms with E-state index < -0.39 is 0 Å². The number of benzene rings is 2. The number of hydrogen-bond donors (Lipinski definition) is 1. The maximum absolute atomic E-state index is 12.8. The lowest BCUT2D eigenvalue weighted by molar-refractivity contribution is 0.102. The van der Waals surface area contributed by atoms with E-state index in [1.54, 1.807) is 31.2 Å². The molecule has 3 heterocycles. The zero-order chi connectivity index (χ0) is 23.3. The molecular weight excluding hydrogens is 428 g/mol. The predicted molar refractivity (Wildman–Crippen MR) is 131 cm³/mol. The van der Waals surface area contributed by atoms with E-state index in [-0.39, 0.29) is 5.91 Å². The summed E-state index contributed by atoms with van der Waals surface area (Å²) < 4.78 is 5.01. The van der Waals surface area contributed by atoms with Crippen LogP contribution in [0.25, 0.3) is 22.6 Å². The molecule has 0 bridgehead atoms. The Morgan fingerprint density at radius 2 is 1.71 bits per heavy atom. The molecule has 0 saturated carbocycles. The lowest BCUT2D eigenvalue weighted by Gasteiger charge is -2.20. The number of amides is 1. The van der Waals surface area contributed by atoms with Crippen molar-refractivity contribution in [2.75, 3.05) is 23.3 Å². The van der Waals surface area contributed by atoms with Gasteiger partial charge < -0.3 is 14.7 Å². The molecule has 1 aliphatic rings. The average Bonchev–Trinajstić information content (AvgIpc) is 3.13. The van der Waals surface area contributed by atoms with Crippen LogP contribution >= 0.6 is 0 Å². The molecule has 34 heavy (non-hydrogen) atoms. The molecule has 1 saturated heterocycles. The summed E-state index contributed by atoms with van der Waals surface area (Å²) in [7, 11) is 0. The van der Waals surface area contributed by atoms with Crippen LogP contribution < -0.4 is 10.2 Å². The number of anilines is 2. The topological polar surface area (TPSA) is 97.0 Å². The largest absolute Gasteiger partial charge is 0.355 e. The number of aryl methyl sites for hydroxylation is 1. The minimum atomic E-state index is -0.199. The molecule has 2 aromatic carbocycles. The van der Waals surface area contributed by atoms with E-state index >= 15 is 0 Å². The van der Waals surface area contributed by atoms with Gasteiger partial charge >= 0.3 is 0 Å². The number of rotatable bonds is 5. The summed E-state index contributed by atoms with van der Waals surface area (Å²) in [5.74, 6) is 1.73. The maximum Gasteiger partial charge on any atom is 0.255 e. The van der Waals surface area contributed by atoms with Gasteiger partial charge in [0.2, 0.25) is 11.7 Å². The minimum absolute atomic E-state index is 0.199. The number of carbonyl (C=O) groups is 1. The Hall–Kier alpha value is -4.07. The van der Waals surface area contributed by atoms with Crippen molar-refractivity contribution < 1.29 is 9.32 Å². The van der Waals surface area contributed by atoms with Gasteiger partial charge in [-0.3, -0.25) is 4.79 Å². The van der Waals surface area contributed by atoms with Gasteiger partial charge in [0.05, 0.1) is 5.69 Å². The van der Waals surface area contributed by atoms with Gasteiger partial charge in [-0.2, -0.15) is 4.98 Å². The van der Waals surface area contributed by atoms with Gasteiger partial charge in [0.15, 0.2) is 5.82 Å². The molecule has 1 aliphatic heterocycles.